The second-order valence-electron chi connectivity index (χ2n) is 9.90. The van der Waals surface area contributed by atoms with Gasteiger partial charge in [-0.2, -0.15) is 0 Å². The number of carbonyl (C=O) groups is 1. The predicted octanol–water partition coefficient (Wildman–Crippen LogP) is 6.44. The molecule has 6 nitrogen and oxygen atoms in total. The van der Waals surface area contributed by atoms with Crippen molar-refractivity contribution >= 4 is 17.5 Å². The van der Waals surface area contributed by atoms with Crippen molar-refractivity contribution in [2.45, 2.75) is 59.4 Å². The maximum Gasteiger partial charge on any atom is 0.322 e. The molecule has 6 heteroatoms. The molecule has 0 spiro atoms. The van der Waals surface area contributed by atoms with Gasteiger partial charge in [0.05, 0.1) is 12.2 Å². The summed E-state index contributed by atoms with van der Waals surface area (Å²) in [5.41, 5.74) is 6.37. The van der Waals surface area contributed by atoms with Gasteiger partial charge in [-0.3, -0.25) is 0 Å². The molecule has 0 bridgehead atoms. The number of aromatic nitrogens is 2. The van der Waals surface area contributed by atoms with Crippen LogP contribution in [0.15, 0.2) is 48.5 Å². The number of benzene rings is 2. The average Bonchev–Trinajstić information content (AvgIpc) is 2.87. The van der Waals surface area contributed by atoms with Crippen molar-refractivity contribution in [2.75, 3.05) is 30.4 Å². The summed E-state index contributed by atoms with van der Waals surface area (Å²) in [6.07, 6.45) is 0.707. The second kappa shape index (κ2) is 10.5. The van der Waals surface area contributed by atoms with Gasteiger partial charge in [-0.15, -0.1) is 0 Å². The molecule has 35 heavy (non-hydrogen) atoms. The Morgan fingerprint density at radius 3 is 2.26 bits per heavy atom. The Labute approximate surface area is 209 Å². The minimum Gasteiger partial charge on any atom is -0.360 e. The van der Waals surface area contributed by atoms with Crippen LogP contribution < -0.4 is 10.2 Å². The van der Waals surface area contributed by atoms with Gasteiger partial charge in [0.15, 0.2) is 5.82 Å². The highest BCUT2D eigenvalue weighted by atomic mass is 16.2. The number of fused-ring (bicyclic) bond motifs is 1. The summed E-state index contributed by atoms with van der Waals surface area (Å²) in [6.45, 7) is 12.7. The predicted molar refractivity (Wildman–Crippen MR) is 144 cm³/mol. The molecular weight excluding hydrogens is 434 g/mol. The lowest BCUT2D eigenvalue weighted by atomic mass is 9.92. The molecule has 184 valence electrons. The first-order valence-electron chi connectivity index (χ1n) is 12.6. The maximum atomic E-state index is 13.5. The largest absolute Gasteiger partial charge is 0.360 e. The fourth-order valence-electron chi connectivity index (χ4n) is 4.63. The number of nitrogens with zero attached hydrogens (tertiary/aromatic N) is 4. The van der Waals surface area contributed by atoms with Gasteiger partial charge < -0.3 is 15.1 Å². The molecule has 2 amide bonds. The number of nitrogens with one attached hydrogen (secondary N) is 1. The van der Waals surface area contributed by atoms with Crippen LogP contribution in [0.1, 0.15) is 68.8 Å². The molecule has 2 heterocycles. The van der Waals surface area contributed by atoms with Gasteiger partial charge in [-0.1, -0.05) is 76.2 Å². The summed E-state index contributed by atoms with van der Waals surface area (Å²) < 4.78 is 0. The minimum absolute atomic E-state index is 0.0668. The van der Waals surface area contributed by atoms with Crippen LogP contribution in [0.25, 0.3) is 11.4 Å². The molecule has 0 unspecified atom stereocenters. The topological polar surface area (TPSA) is 61.4 Å². The maximum absolute atomic E-state index is 13.5. The molecule has 0 atom stereocenters. The molecule has 2 aromatic carbocycles. The fourth-order valence-corrected chi connectivity index (χ4v) is 4.63. The first kappa shape index (κ1) is 24.7. The second-order valence-corrected chi connectivity index (χ2v) is 9.90. The smallest absolute Gasteiger partial charge is 0.322 e. The van der Waals surface area contributed by atoms with Gasteiger partial charge in [0.2, 0.25) is 0 Å². The van der Waals surface area contributed by atoms with Gasteiger partial charge in [-0.25, -0.2) is 14.8 Å². The Morgan fingerprint density at radius 1 is 1.00 bits per heavy atom. The van der Waals surface area contributed by atoms with E-state index >= 15 is 0 Å². The number of hydrogen-bond acceptors (Lipinski definition) is 4. The molecule has 1 aromatic heterocycles. The molecule has 0 saturated carbocycles. The zero-order chi connectivity index (χ0) is 25.1. The van der Waals surface area contributed by atoms with Crippen molar-refractivity contribution < 1.29 is 4.79 Å². The van der Waals surface area contributed by atoms with Crippen LogP contribution >= 0.6 is 0 Å². The minimum atomic E-state index is -0.0668. The summed E-state index contributed by atoms with van der Waals surface area (Å²) in [7, 11) is 2.05. The molecule has 0 aliphatic carbocycles. The van der Waals surface area contributed by atoms with Crippen molar-refractivity contribution in [3.05, 3.63) is 70.9 Å². The van der Waals surface area contributed by atoms with E-state index in [4.69, 9.17) is 9.97 Å². The normalized spacial score (nSPS) is 13.2. The Balaban J connectivity index is 1.65. The molecule has 1 aliphatic rings. The lowest BCUT2D eigenvalue weighted by molar-refractivity contribution is 0.206. The van der Waals surface area contributed by atoms with E-state index in [9.17, 15) is 4.79 Å². The van der Waals surface area contributed by atoms with Crippen molar-refractivity contribution in [1.82, 2.24) is 14.9 Å². The zero-order valence-electron chi connectivity index (χ0n) is 21.8. The quantitative estimate of drug-likeness (QED) is 0.450. The molecular formula is C29H37N5O. The van der Waals surface area contributed by atoms with E-state index in [2.05, 4.69) is 63.0 Å². The molecule has 1 aliphatic heterocycles. The van der Waals surface area contributed by atoms with E-state index in [1.165, 1.54) is 11.1 Å². The van der Waals surface area contributed by atoms with Gasteiger partial charge in [0.25, 0.3) is 0 Å². The van der Waals surface area contributed by atoms with Crippen LogP contribution in [-0.4, -0.2) is 41.0 Å². The Kier molecular flexibility index (Phi) is 7.39. The molecule has 1 N–H and O–H groups in total. The highest BCUT2D eigenvalue weighted by Gasteiger charge is 2.28. The number of hydrogen-bond donors (Lipinski definition) is 1. The van der Waals surface area contributed by atoms with Crippen molar-refractivity contribution in [3.8, 4) is 11.4 Å². The van der Waals surface area contributed by atoms with Crippen LogP contribution in [0.5, 0.6) is 0 Å². The molecule has 3 aromatic rings. The molecule has 0 saturated heterocycles. The summed E-state index contributed by atoms with van der Waals surface area (Å²) in [6, 6.07) is 16.4. The number of carbonyl (C=O) groups excluding carboxylic acids is 1. The lowest BCUT2D eigenvalue weighted by Crippen LogP contribution is -2.40. The van der Waals surface area contributed by atoms with E-state index in [1.807, 2.05) is 42.3 Å². The molecule has 0 radical (unpaired) electrons. The molecule has 0 fully saturated rings. The third-order valence-electron chi connectivity index (χ3n) is 6.80. The Hall–Kier alpha value is -3.41. The first-order valence-corrected chi connectivity index (χ1v) is 12.6. The average molecular weight is 472 g/mol. The number of anilines is 2. The Bertz CT molecular complexity index is 1160. The third kappa shape index (κ3) is 5.16. The van der Waals surface area contributed by atoms with Gasteiger partial charge in [0.1, 0.15) is 5.82 Å². The van der Waals surface area contributed by atoms with Crippen molar-refractivity contribution in [2.24, 2.45) is 0 Å². The SMILES string of the molecule is CCN(C)c1nc(-c2ccccc2)nc2c1CN(C(=O)Nc1c(C(C)C)cccc1C(C)C)CC2. The summed E-state index contributed by atoms with van der Waals surface area (Å²) >= 11 is 0. The van der Waals surface area contributed by atoms with Crippen LogP contribution in [0, 0.1) is 0 Å². The number of para-hydroxylation sites is 1. The van der Waals surface area contributed by atoms with E-state index in [0.29, 0.717) is 31.3 Å². The van der Waals surface area contributed by atoms with Gasteiger partial charge in [-0.05, 0) is 29.9 Å². The van der Waals surface area contributed by atoms with E-state index in [-0.39, 0.29) is 6.03 Å². The standard InChI is InChI=1S/C29H37N5O/c1-7-33(6)28-24-18-34(17-16-25(24)30-27(32-28)21-12-9-8-10-13-21)29(35)31-26-22(19(2)3)14-11-15-23(26)20(4)5/h8-15,19-20H,7,16-18H2,1-6H3,(H,31,35). The summed E-state index contributed by atoms with van der Waals surface area (Å²) in [4.78, 5) is 27.4. The van der Waals surface area contributed by atoms with Crippen molar-refractivity contribution in [3.63, 3.8) is 0 Å². The van der Waals surface area contributed by atoms with Crippen LogP contribution in [0.3, 0.4) is 0 Å². The van der Waals surface area contributed by atoms with E-state index < -0.39 is 0 Å². The number of rotatable bonds is 6. The molecule has 4 rings (SSSR count). The highest BCUT2D eigenvalue weighted by Crippen LogP contribution is 2.34. The van der Waals surface area contributed by atoms with E-state index in [1.54, 1.807) is 0 Å². The van der Waals surface area contributed by atoms with Gasteiger partial charge >= 0.3 is 6.03 Å². The van der Waals surface area contributed by atoms with Crippen molar-refractivity contribution in [1.29, 1.82) is 0 Å². The summed E-state index contributed by atoms with van der Waals surface area (Å²) in [5.74, 6) is 2.28. The Morgan fingerprint density at radius 2 is 1.66 bits per heavy atom. The monoisotopic (exact) mass is 471 g/mol. The third-order valence-corrected chi connectivity index (χ3v) is 6.80. The van der Waals surface area contributed by atoms with Crippen LogP contribution in [0.4, 0.5) is 16.3 Å². The lowest BCUT2D eigenvalue weighted by Gasteiger charge is -2.32. The van der Waals surface area contributed by atoms with Crippen LogP contribution in [-0.2, 0) is 13.0 Å². The number of urea groups is 1. The van der Waals surface area contributed by atoms with Gasteiger partial charge in [0, 0.05) is 43.4 Å². The van der Waals surface area contributed by atoms with E-state index in [0.717, 1.165) is 40.7 Å². The number of amides is 2. The van der Waals surface area contributed by atoms with Crippen LogP contribution in [0.2, 0.25) is 0 Å². The highest BCUT2D eigenvalue weighted by molar-refractivity contribution is 5.91. The summed E-state index contributed by atoms with van der Waals surface area (Å²) in [5, 5.41) is 3.27. The zero-order valence-corrected chi connectivity index (χ0v) is 21.8. The fraction of sp³-hybridized carbons (Fsp3) is 0.414. The first-order chi connectivity index (χ1) is 16.8.